The largest absolute Gasteiger partial charge is 0.348 e. The Balaban J connectivity index is 1.41. The van der Waals surface area contributed by atoms with Gasteiger partial charge in [-0.2, -0.15) is 0 Å². The number of carbonyl (C=O) groups is 1. The number of rotatable bonds is 7. The molecule has 1 amide bonds. The molecule has 0 radical (unpaired) electrons. The normalized spacial score (nSPS) is 16.8. The number of nitrogens with one attached hydrogen (secondary N) is 1. The third-order valence-electron chi connectivity index (χ3n) is 5.21. The van der Waals surface area contributed by atoms with E-state index in [2.05, 4.69) is 57.4 Å². The molecule has 0 saturated carbocycles. The van der Waals surface area contributed by atoms with Gasteiger partial charge in [0.1, 0.15) is 0 Å². The van der Waals surface area contributed by atoms with Gasteiger partial charge in [-0.1, -0.05) is 37.3 Å². The molecule has 2 heterocycles. The second kappa shape index (κ2) is 9.62. The van der Waals surface area contributed by atoms with Gasteiger partial charge in [-0.05, 0) is 36.6 Å². The summed E-state index contributed by atoms with van der Waals surface area (Å²) >= 11 is 0. The summed E-state index contributed by atoms with van der Waals surface area (Å²) in [6.45, 7) is 9.32. The van der Waals surface area contributed by atoms with Gasteiger partial charge in [-0.15, -0.1) is 0 Å². The van der Waals surface area contributed by atoms with Crippen LogP contribution in [0.4, 0.5) is 0 Å². The van der Waals surface area contributed by atoms with E-state index < -0.39 is 0 Å². The van der Waals surface area contributed by atoms with E-state index in [4.69, 9.17) is 0 Å². The van der Waals surface area contributed by atoms with Gasteiger partial charge in [-0.25, -0.2) is 0 Å². The fourth-order valence-corrected chi connectivity index (χ4v) is 3.44. The molecule has 0 bridgehead atoms. The monoisotopic (exact) mass is 366 g/mol. The van der Waals surface area contributed by atoms with E-state index in [-0.39, 0.29) is 11.9 Å². The van der Waals surface area contributed by atoms with Crippen molar-refractivity contribution >= 4 is 5.91 Å². The highest BCUT2D eigenvalue weighted by atomic mass is 16.2. The van der Waals surface area contributed by atoms with Crippen molar-refractivity contribution in [2.45, 2.75) is 32.9 Å². The van der Waals surface area contributed by atoms with E-state index in [0.717, 1.165) is 50.4 Å². The van der Waals surface area contributed by atoms with Crippen molar-refractivity contribution in [1.82, 2.24) is 20.1 Å². The van der Waals surface area contributed by atoms with Crippen LogP contribution in [0.15, 0.2) is 48.7 Å². The number of hydrogen-bond donors (Lipinski definition) is 1. The molecule has 1 atom stereocenters. The molecule has 1 fully saturated rings. The Hall–Kier alpha value is -2.24. The molecule has 1 saturated heterocycles. The Morgan fingerprint density at radius 1 is 1.07 bits per heavy atom. The lowest BCUT2D eigenvalue weighted by Crippen LogP contribution is -2.49. The topological polar surface area (TPSA) is 48.5 Å². The molecule has 27 heavy (non-hydrogen) atoms. The first-order valence-corrected chi connectivity index (χ1v) is 9.87. The molecule has 1 aromatic carbocycles. The molecule has 5 nitrogen and oxygen atoms in total. The lowest BCUT2D eigenvalue weighted by molar-refractivity contribution is -0.123. The van der Waals surface area contributed by atoms with Crippen molar-refractivity contribution in [2.75, 3.05) is 32.7 Å². The van der Waals surface area contributed by atoms with Gasteiger partial charge in [0, 0.05) is 38.9 Å². The molecular formula is C22H30N4O. The molecule has 1 aliphatic rings. The van der Waals surface area contributed by atoms with Gasteiger partial charge in [0.2, 0.25) is 5.91 Å². The predicted octanol–water partition coefficient (Wildman–Crippen LogP) is 2.64. The number of aromatic nitrogens is 1. The highest BCUT2D eigenvalue weighted by Gasteiger charge is 2.20. The van der Waals surface area contributed by atoms with Crippen LogP contribution < -0.4 is 5.32 Å². The van der Waals surface area contributed by atoms with Gasteiger partial charge < -0.3 is 5.32 Å². The van der Waals surface area contributed by atoms with Crippen LogP contribution in [-0.4, -0.2) is 53.4 Å². The van der Waals surface area contributed by atoms with Gasteiger partial charge in [0.15, 0.2) is 0 Å². The van der Waals surface area contributed by atoms with Crippen molar-refractivity contribution in [3.8, 4) is 0 Å². The van der Waals surface area contributed by atoms with Gasteiger partial charge in [-0.3, -0.25) is 19.6 Å². The number of amides is 1. The maximum Gasteiger partial charge on any atom is 0.234 e. The number of hydrogen-bond acceptors (Lipinski definition) is 4. The summed E-state index contributed by atoms with van der Waals surface area (Å²) in [4.78, 5) is 21.4. The van der Waals surface area contributed by atoms with Crippen LogP contribution in [-0.2, 0) is 17.8 Å². The van der Waals surface area contributed by atoms with E-state index in [9.17, 15) is 4.79 Å². The van der Waals surface area contributed by atoms with Gasteiger partial charge in [0.25, 0.3) is 0 Å². The number of carbonyl (C=O) groups excluding carboxylic acids is 1. The van der Waals surface area contributed by atoms with Crippen LogP contribution in [0.5, 0.6) is 0 Å². The summed E-state index contributed by atoms with van der Waals surface area (Å²) in [5, 5.41) is 3.13. The third kappa shape index (κ3) is 5.88. The summed E-state index contributed by atoms with van der Waals surface area (Å²) in [7, 11) is 0. The zero-order chi connectivity index (χ0) is 19.1. The van der Waals surface area contributed by atoms with Crippen molar-refractivity contribution in [2.24, 2.45) is 0 Å². The fourth-order valence-electron chi connectivity index (χ4n) is 3.44. The smallest absolute Gasteiger partial charge is 0.234 e. The van der Waals surface area contributed by atoms with E-state index in [1.165, 1.54) is 5.56 Å². The first-order valence-electron chi connectivity index (χ1n) is 9.87. The van der Waals surface area contributed by atoms with E-state index in [1.807, 2.05) is 25.3 Å². The minimum atomic E-state index is 0.0360. The average molecular weight is 367 g/mol. The van der Waals surface area contributed by atoms with Gasteiger partial charge >= 0.3 is 0 Å². The Labute approximate surface area is 162 Å². The molecule has 144 valence electrons. The van der Waals surface area contributed by atoms with Crippen LogP contribution in [0, 0.1) is 0 Å². The fraction of sp³-hybridized carbons (Fsp3) is 0.455. The number of nitrogens with zero attached hydrogens (tertiary/aromatic N) is 3. The van der Waals surface area contributed by atoms with Gasteiger partial charge in [0.05, 0.1) is 18.3 Å². The average Bonchev–Trinajstić information content (AvgIpc) is 2.70. The van der Waals surface area contributed by atoms with Crippen LogP contribution in [0.1, 0.15) is 36.7 Å². The lowest BCUT2D eigenvalue weighted by atomic mass is 10.1. The Morgan fingerprint density at radius 2 is 1.78 bits per heavy atom. The molecule has 1 aliphatic heterocycles. The molecule has 1 N–H and O–H groups in total. The van der Waals surface area contributed by atoms with E-state index in [1.54, 1.807) is 0 Å². The van der Waals surface area contributed by atoms with Crippen LogP contribution in [0.2, 0.25) is 0 Å². The maximum absolute atomic E-state index is 12.4. The summed E-state index contributed by atoms with van der Waals surface area (Å²) in [5.41, 5.74) is 3.58. The van der Waals surface area contributed by atoms with Crippen molar-refractivity contribution in [3.05, 3.63) is 65.5 Å². The first-order chi connectivity index (χ1) is 13.1. The maximum atomic E-state index is 12.4. The number of piperazine rings is 1. The number of benzene rings is 1. The van der Waals surface area contributed by atoms with Crippen molar-refractivity contribution in [1.29, 1.82) is 0 Å². The molecule has 1 aromatic heterocycles. The predicted molar refractivity (Wildman–Crippen MR) is 108 cm³/mol. The minimum absolute atomic E-state index is 0.0360. The lowest BCUT2D eigenvalue weighted by Gasteiger charge is -2.34. The molecule has 0 unspecified atom stereocenters. The van der Waals surface area contributed by atoms with E-state index >= 15 is 0 Å². The Kier molecular flexibility index (Phi) is 6.96. The second-order valence-corrected chi connectivity index (χ2v) is 7.26. The zero-order valence-electron chi connectivity index (χ0n) is 16.4. The Bertz CT molecular complexity index is 709. The SMILES string of the molecule is CCc1ccc([C@H](C)NC(=O)CN2CCN(Cc3ccccn3)CC2)cc1. The Morgan fingerprint density at radius 3 is 2.41 bits per heavy atom. The van der Waals surface area contributed by atoms with Crippen LogP contribution in [0.25, 0.3) is 0 Å². The summed E-state index contributed by atoms with van der Waals surface area (Å²) in [5.74, 6) is 0.0974. The molecule has 0 spiro atoms. The first kappa shape index (κ1) is 19.5. The summed E-state index contributed by atoms with van der Waals surface area (Å²) in [6, 6.07) is 14.6. The summed E-state index contributed by atoms with van der Waals surface area (Å²) < 4.78 is 0. The standard InChI is InChI=1S/C22H30N4O/c1-3-19-7-9-20(10-8-19)18(2)24-22(27)17-26-14-12-25(13-15-26)16-21-6-4-5-11-23-21/h4-11,18H,3,12-17H2,1-2H3,(H,24,27)/t18-/m0/s1. The van der Waals surface area contributed by atoms with Crippen LogP contribution in [0.3, 0.4) is 0 Å². The third-order valence-corrected chi connectivity index (χ3v) is 5.21. The zero-order valence-corrected chi connectivity index (χ0v) is 16.4. The molecule has 3 rings (SSSR count). The van der Waals surface area contributed by atoms with E-state index in [0.29, 0.717) is 6.54 Å². The number of aryl methyl sites for hydroxylation is 1. The minimum Gasteiger partial charge on any atom is -0.348 e. The molecule has 0 aliphatic carbocycles. The molecule has 2 aromatic rings. The highest BCUT2D eigenvalue weighted by Crippen LogP contribution is 2.14. The van der Waals surface area contributed by atoms with Crippen molar-refractivity contribution < 1.29 is 4.79 Å². The second-order valence-electron chi connectivity index (χ2n) is 7.26. The van der Waals surface area contributed by atoms with Crippen LogP contribution >= 0.6 is 0 Å². The number of pyridine rings is 1. The quantitative estimate of drug-likeness (QED) is 0.818. The summed E-state index contributed by atoms with van der Waals surface area (Å²) in [6.07, 6.45) is 2.88. The molecular weight excluding hydrogens is 336 g/mol. The van der Waals surface area contributed by atoms with Crippen molar-refractivity contribution in [3.63, 3.8) is 0 Å². The molecule has 5 heteroatoms. The highest BCUT2D eigenvalue weighted by molar-refractivity contribution is 5.78.